The van der Waals surface area contributed by atoms with E-state index in [-0.39, 0.29) is 12.1 Å². The van der Waals surface area contributed by atoms with E-state index in [1.54, 1.807) is 0 Å². The molecule has 0 aromatic heterocycles. The maximum atomic E-state index is 12.6. The highest BCUT2D eigenvalue weighted by molar-refractivity contribution is 5.89. The molecule has 2 aliphatic rings. The van der Waals surface area contributed by atoms with Crippen LogP contribution in [0.3, 0.4) is 0 Å². The Labute approximate surface area is 172 Å². The van der Waals surface area contributed by atoms with Crippen molar-refractivity contribution in [2.75, 3.05) is 0 Å². The minimum absolute atomic E-state index is 0.120. The highest BCUT2D eigenvalue weighted by Crippen LogP contribution is 2.41. The molecular weight excluding hydrogens is 344 g/mol. The van der Waals surface area contributed by atoms with Crippen molar-refractivity contribution in [1.82, 2.24) is 0 Å². The average molecular weight is 385 g/mol. The van der Waals surface area contributed by atoms with Crippen molar-refractivity contribution in [3.8, 4) is 0 Å². The number of rotatable bonds is 7. The number of benzene rings is 1. The lowest BCUT2D eigenvalue weighted by atomic mass is 9.71. The second kappa shape index (κ2) is 10.5. The third kappa shape index (κ3) is 5.61. The largest absolute Gasteiger partial charge is 0.459 e. The fraction of sp³-hybridized carbons (Fsp3) is 0.731. The molecule has 2 fully saturated rings. The van der Waals surface area contributed by atoms with Gasteiger partial charge in [0, 0.05) is 0 Å². The Bertz CT molecular complexity index is 597. The van der Waals surface area contributed by atoms with Gasteiger partial charge in [-0.3, -0.25) is 0 Å². The predicted octanol–water partition coefficient (Wildman–Crippen LogP) is 7.52. The van der Waals surface area contributed by atoms with Gasteiger partial charge in [-0.25, -0.2) is 4.79 Å². The zero-order chi connectivity index (χ0) is 19.9. The third-order valence-electron chi connectivity index (χ3n) is 7.39. The molecule has 0 unspecified atom stereocenters. The SMILES string of the molecule is CCCC1CCC(OC(=O)c2ccc([C@@H]3CC[C@H](CCC)[C@H](C)C3)cc2)CC1. The van der Waals surface area contributed by atoms with Crippen LogP contribution in [0.4, 0.5) is 0 Å². The predicted molar refractivity (Wildman–Crippen MR) is 117 cm³/mol. The van der Waals surface area contributed by atoms with Gasteiger partial charge in [0.05, 0.1) is 5.56 Å². The van der Waals surface area contributed by atoms with Crippen molar-refractivity contribution in [2.45, 2.75) is 103 Å². The first-order chi connectivity index (χ1) is 13.6. The summed E-state index contributed by atoms with van der Waals surface area (Å²) in [5, 5.41) is 0. The molecule has 156 valence electrons. The molecule has 2 saturated carbocycles. The van der Waals surface area contributed by atoms with Crippen molar-refractivity contribution in [3.05, 3.63) is 35.4 Å². The van der Waals surface area contributed by atoms with E-state index in [0.717, 1.165) is 30.6 Å². The van der Waals surface area contributed by atoms with E-state index in [9.17, 15) is 4.79 Å². The Kier molecular flexibility index (Phi) is 8.00. The summed E-state index contributed by atoms with van der Waals surface area (Å²) in [6, 6.07) is 8.32. The lowest BCUT2D eigenvalue weighted by molar-refractivity contribution is 0.0161. The van der Waals surface area contributed by atoms with Crippen molar-refractivity contribution >= 4 is 5.97 Å². The Morgan fingerprint density at radius 1 is 0.929 bits per heavy atom. The highest BCUT2D eigenvalue weighted by atomic mass is 16.5. The molecule has 2 aliphatic carbocycles. The van der Waals surface area contributed by atoms with Crippen molar-refractivity contribution in [1.29, 1.82) is 0 Å². The molecule has 0 radical (unpaired) electrons. The fourth-order valence-electron chi connectivity index (χ4n) is 5.62. The van der Waals surface area contributed by atoms with Gasteiger partial charge in [-0.2, -0.15) is 0 Å². The van der Waals surface area contributed by atoms with Crippen LogP contribution in [0.5, 0.6) is 0 Å². The molecule has 0 amide bonds. The minimum Gasteiger partial charge on any atom is -0.459 e. The van der Waals surface area contributed by atoms with Crippen LogP contribution in [0, 0.1) is 17.8 Å². The molecule has 2 heteroatoms. The average Bonchev–Trinajstić information content (AvgIpc) is 2.71. The topological polar surface area (TPSA) is 26.3 Å². The molecule has 1 aromatic carbocycles. The molecule has 0 bridgehead atoms. The second-order valence-corrected chi connectivity index (χ2v) is 9.49. The van der Waals surface area contributed by atoms with Crippen LogP contribution >= 0.6 is 0 Å². The molecule has 3 rings (SSSR count). The van der Waals surface area contributed by atoms with Crippen LogP contribution in [0.1, 0.15) is 113 Å². The first-order valence-electron chi connectivity index (χ1n) is 11.9. The number of hydrogen-bond donors (Lipinski definition) is 0. The molecular formula is C26H40O2. The molecule has 0 N–H and O–H groups in total. The van der Waals surface area contributed by atoms with Crippen LogP contribution in [0.15, 0.2) is 24.3 Å². The monoisotopic (exact) mass is 384 g/mol. The maximum Gasteiger partial charge on any atom is 0.338 e. The van der Waals surface area contributed by atoms with Crippen molar-refractivity contribution in [2.24, 2.45) is 17.8 Å². The summed E-state index contributed by atoms with van der Waals surface area (Å²) in [5.41, 5.74) is 2.12. The van der Waals surface area contributed by atoms with Gasteiger partial charge in [0.15, 0.2) is 0 Å². The second-order valence-electron chi connectivity index (χ2n) is 9.49. The van der Waals surface area contributed by atoms with E-state index >= 15 is 0 Å². The van der Waals surface area contributed by atoms with E-state index in [1.165, 1.54) is 63.4 Å². The van der Waals surface area contributed by atoms with Crippen LogP contribution in [-0.2, 0) is 4.74 Å². The van der Waals surface area contributed by atoms with Crippen LogP contribution in [0.2, 0.25) is 0 Å². The lowest BCUT2D eigenvalue weighted by Crippen LogP contribution is -2.24. The van der Waals surface area contributed by atoms with Crippen LogP contribution in [-0.4, -0.2) is 12.1 Å². The van der Waals surface area contributed by atoms with E-state index in [4.69, 9.17) is 4.74 Å². The molecule has 2 nitrogen and oxygen atoms in total. The van der Waals surface area contributed by atoms with Gasteiger partial charge in [-0.05, 0) is 86.3 Å². The molecule has 0 aliphatic heterocycles. The third-order valence-corrected chi connectivity index (χ3v) is 7.39. The summed E-state index contributed by atoms with van der Waals surface area (Å²) < 4.78 is 5.81. The summed E-state index contributed by atoms with van der Waals surface area (Å²) in [7, 11) is 0. The van der Waals surface area contributed by atoms with E-state index < -0.39 is 0 Å². The Morgan fingerprint density at radius 2 is 1.61 bits per heavy atom. The summed E-state index contributed by atoms with van der Waals surface area (Å²) in [4.78, 5) is 12.6. The molecule has 28 heavy (non-hydrogen) atoms. The van der Waals surface area contributed by atoms with E-state index in [2.05, 4.69) is 32.9 Å². The Morgan fingerprint density at radius 3 is 2.21 bits per heavy atom. The summed E-state index contributed by atoms with van der Waals surface area (Å²) in [6.07, 6.45) is 13.8. The number of carbonyl (C=O) groups excluding carboxylic acids is 1. The van der Waals surface area contributed by atoms with Crippen LogP contribution in [0.25, 0.3) is 0 Å². The number of esters is 1. The standard InChI is InChI=1S/C26H40O2/c1-4-6-20-8-16-25(17-9-20)28-26(27)23-13-11-22(12-14-23)24-15-10-21(7-5-2)19(3)18-24/h11-14,19-21,24-25H,4-10,15-18H2,1-3H3/t19-,20?,21+,24-,25?/m1/s1. The smallest absolute Gasteiger partial charge is 0.338 e. The summed E-state index contributed by atoms with van der Waals surface area (Å²) >= 11 is 0. The van der Waals surface area contributed by atoms with Crippen molar-refractivity contribution < 1.29 is 9.53 Å². The first-order valence-corrected chi connectivity index (χ1v) is 11.9. The summed E-state index contributed by atoms with van der Waals surface area (Å²) in [5.74, 6) is 3.08. The zero-order valence-electron chi connectivity index (χ0n) is 18.3. The summed E-state index contributed by atoms with van der Waals surface area (Å²) in [6.45, 7) is 6.98. The maximum absolute atomic E-state index is 12.6. The van der Waals surface area contributed by atoms with Gasteiger partial charge >= 0.3 is 5.97 Å². The lowest BCUT2D eigenvalue weighted by Gasteiger charge is -2.34. The first kappa shape index (κ1) is 21.4. The van der Waals surface area contributed by atoms with E-state index in [1.807, 2.05) is 12.1 Å². The van der Waals surface area contributed by atoms with E-state index in [0.29, 0.717) is 11.5 Å². The zero-order valence-corrected chi connectivity index (χ0v) is 18.3. The molecule has 0 spiro atoms. The molecule has 0 heterocycles. The fourth-order valence-corrected chi connectivity index (χ4v) is 5.62. The molecule has 1 aromatic rings. The van der Waals surface area contributed by atoms with Gasteiger partial charge in [0.25, 0.3) is 0 Å². The van der Waals surface area contributed by atoms with Crippen molar-refractivity contribution in [3.63, 3.8) is 0 Å². The number of carbonyl (C=O) groups is 1. The van der Waals surface area contributed by atoms with Gasteiger partial charge < -0.3 is 4.74 Å². The highest BCUT2D eigenvalue weighted by Gasteiger charge is 2.28. The quantitative estimate of drug-likeness (QED) is 0.454. The molecule has 0 saturated heterocycles. The Hall–Kier alpha value is -1.31. The van der Waals surface area contributed by atoms with Gasteiger partial charge in [0.1, 0.15) is 6.10 Å². The number of ether oxygens (including phenoxy) is 1. The van der Waals surface area contributed by atoms with Crippen LogP contribution < -0.4 is 0 Å². The van der Waals surface area contributed by atoms with Gasteiger partial charge in [-0.1, -0.05) is 58.6 Å². The van der Waals surface area contributed by atoms with Gasteiger partial charge in [-0.15, -0.1) is 0 Å². The van der Waals surface area contributed by atoms with Gasteiger partial charge in [0.2, 0.25) is 0 Å². The number of hydrogen-bond acceptors (Lipinski definition) is 2. The normalized spacial score (nSPS) is 30.8. The molecule has 3 atom stereocenters. The minimum atomic E-state index is -0.134. The Balaban J connectivity index is 1.50.